The molecule has 0 saturated heterocycles. The van der Waals surface area contributed by atoms with Crippen LogP contribution in [0.4, 0.5) is 19.3 Å². The number of nitrogens with two attached hydrogens (primary N) is 1. The fourth-order valence-corrected chi connectivity index (χ4v) is 4.56. The summed E-state index contributed by atoms with van der Waals surface area (Å²) in [6.07, 6.45) is 0.486. The number of primary sulfonamides is 1. The zero-order chi connectivity index (χ0) is 22.6. The Balaban J connectivity index is 1.54. The van der Waals surface area contributed by atoms with Gasteiger partial charge in [0.1, 0.15) is 10.7 Å². The minimum atomic E-state index is -4.29. The van der Waals surface area contributed by atoms with Gasteiger partial charge in [0.15, 0.2) is 0 Å². The molecule has 162 valence electrons. The van der Waals surface area contributed by atoms with Crippen LogP contribution < -0.4 is 10.0 Å². The molecule has 1 aliphatic rings. The Hall–Kier alpha value is -3.63. The average molecular weight is 454 g/mol. The van der Waals surface area contributed by atoms with E-state index >= 15 is 0 Å². The van der Waals surface area contributed by atoms with Crippen LogP contribution >= 0.6 is 0 Å². The fraction of sp³-hybridized carbons (Fsp3) is 0.0909. The van der Waals surface area contributed by atoms with Gasteiger partial charge < -0.3 is 0 Å². The molecule has 0 aliphatic carbocycles. The number of amides is 1. The number of anilines is 1. The lowest BCUT2D eigenvalue weighted by molar-refractivity contribution is 0.246. The van der Waals surface area contributed by atoms with Crippen molar-refractivity contribution in [2.75, 3.05) is 11.4 Å². The van der Waals surface area contributed by atoms with Crippen LogP contribution in [0.15, 0.2) is 65.6 Å². The summed E-state index contributed by atoms with van der Waals surface area (Å²) in [7, 11) is -4.29. The van der Waals surface area contributed by atoms with E-state index in [9.17, 15) is 22.0 Å². The molecule has 2 N–H and O–H groups in total. The summed E-state index contributed by atoms with van der Waals surface area (Å²) in [5.41, 5.74) is 2.68. The number of hydrogen-bond donors (Lipinski definition) is 1. The monoisotopic (exact) mass is 454 g/mol. The average Bonchev–Trinajstić information content (AvgIpc) is 3.11. The van der Waals surface area contributed by atoms with Crippen LogP contribution in [0.1, 0.15) is 5.69 Å². The first kappa shape index (κ1) is 20.3. The van der Waals surface area contributed by atoms with E-state index in [1.54, 1.807) is 42.5 Å². The summed E-state index contributed by atoms with van der Waals surface area (Å²) < 4.78 is 52.5. The van der Waals surface area contributed by atoms with Crippen LogP contribution in [-0.2, 0) is 16.4 Å². The number of hydrogen-bond acceptors (Lipinski definition) is 4. The molecule has 0 fully saturated rings. The maximum Gasteiger partial charge on any atom is 0.333 e. The highest BCUT2D eigenvalue weighted by Gasteiger charge is 2.28. The maximum atomic E-state index is 14.2. The highest BCUT2D eigenvalue weighted by Crippen LogP contribution is 2.31. The zero-order valence-electron chi connectivity index (χ0n) is 16.5. The van der Waals surface area contributed by atoms with Crippen molar-refractivity contribution in [3.63, 3.8) is 0 Å². The lowest BCUT2D eigenvalue weighted by atomic mass is 10.1. The second kappa shape index (κ2) is 7.21. The van der Waals surface area contributed by atoms with Crippen molar-refractivity contribution in [3.8, 4) is 11.3 Å². The molecule has 32 heavy (non-hydrogen) atoms. The van der Waals surface area contributed by atoms with Gasteiger partial charge in [0, 0.05) is 35.3 Å². The Morgan fingerprint density at radius 2 is 1.75 bits per heavy atom. The number of fused-ring (bicyclic) bond motifs is 3. The molecule has 1 aliphatic heterocycles. The zero-order valence-corrected chi connectivity index (χ0v) is 17.3. The van der Waals surface area contributed by atoms with Gasteiger partial charge in [0.2, 0.25) is 16.0 Å². The van der Waals surface area contributed by atoms with Crippen LogP contribution in [-0.4, -0.2) is 30.5 Å². The van der Waals surface area contributed by atoms with Crippen molar-refractivity contribution in [1.82, 2.24) is 9.55 Å². The van der Waals surface area contributed by atoms with Crippen LogP contribution in [0.25, 0.3) is 22.2 Å². The van der Waals surface area contributed by atoms with Crippen molar-refractivity contribution in [3.05, 3.63) is 78.1 Å². The number of carbonyl (C=O) groups is 1. The Kier molecular flexibility index (Phi) is 4.57. The number of carbonyl (C=O) groups excluding carboxylic acids is 1. The summed E-state index contributed by atoms with van der Waals surface area (Å²) in [6.45, 7) is 0.386. The van der Waals surface area contributed by atoms with E-state index in [1.807, 2.05) is 0 Å². The summed E-state index contributed by atoms with van der Waals surface area (Å²) >= 11 is 0. The molecule has 10 heteroatoms. The molecule has 1 amide bonds. The number of sulfonamides is 1. The van der Waals surface area contributed by atoms with Gasteiger partial charge in [0.05, 0.1) is 11.2 Å². The smallest absolute Gasteiger partial charge is 0.293 e. The molecule has 0 unspecified atom stereocenters. The Bertz CT molecular complexity index is 1500. The molecule has 3 heterocycles. The lowest BCUT2D eigenvalue weighted by Crippen LogP contribution is -2.41. The summed E-state index contributed by atoms with van der Waals surface area (Å²) in [4.78, 5) is 18.0. The lowest BCUT2D eigenvalue weighted by Gasteiger charge is -2.29. The first-order chi connectivity index (χ1) is 15.2. The molecule has 5 rings (SSSR count). The standard InChI is InChI=1S/C22H16F2N4O3S/c23-17-11-14-10-16-8-9-27(22(29)28(16)19(14)12-20(17)32(25,30)31)15-6-4-13(5-7-15)18-2-1-3-21(24)26-18/h1-7,10-12H,8-9H2,(H2,25,30,31). The van der Waals surface area contributed by atoms with E-state index in [4.69, 9.17) is 5.14 Å². The third-order valence-corrected chi connectivity index (χ3v) is 6.37. The van der Waals surface area contributed by atoms with Crippen molar-refractivity contribution < 1.29 is 22.0 Å². The SMILES string of the molecule is NS(=O)(=O)c1cc2c(cc1F)cc1n2C(=O)N(c2ccc(-c3cccc(F)n3)cc2)CC1. The Morgan fingerprint density at radius 1 is 1.00 bits per heavy atom. The predicted octanol–water partition coefficient (Wildman–Crippen LogP) is 3.66. The molecular formula is C22H16F2N4O3S. The van der Waals surface area contributed by atoms with Gasteiger partial charge in [-0.15, -0.1) is 0 Å². The van der Waals surface area contributed by atoms with E-state index < -0.39 is 32.7 Å². The molecular weight excluding hydrogens is 438 g/mol. The van der Waals surface area contributed by atoms with E-state index in [1.165, 1.54) is 15.5 Å². The predicted molar refractivity (Wildman–Crippen MR) is 115 cm³/mol. The van der Waals surface area contributed by atoms with Crippen molar-refractivity contribution in [1.29, 1.82) is 0 Å². The van der Waals surface area contributed by atoms with Crippen LogP contribution in [0.3, 0.4) is 0 Å². The molecule has 0 spiro atoms. The fourth-order valence-electron chi connectivity index (χ4n) is 3.96. The Labute approximate surface area is 181 Å². The molecule has 7 nitrogen and oxygen atoms in total. The van der Waals surface area contributed by atoms with E-state index in [2.05, 4.69) is 4.98 Å². The summed E-state index contributed by atoms with van der Waals surface area (Å²) in [5, 5.41) is 5.53. The number of rotatable bonds is 3. The molecule has 0 radical (unpaired) electrons. The summed E-state index contributed by atoms with van der Waals surface area (Å²) in [5.74, 6) is -1.55. The minimum Gasteiger partial charge on any atom is -0.293 e. The quantitative estimate of drug-likeness (QED) is 0.478. The van der Waals surface area contributed by atoms with Gasteiger partial charge in [-0.2, -0.15) is 4.39 Å². The van der Waals surface area contributed by atoms with Gasteiger partial charge in [-0.3, -0.25) is 9.47 Å². The largest absolute Gasteiger partial charge is 0.333 e. The number of nitrogens with zero attached hydrogens (tertiary/aromatic N) is 3. The third kappa shape index (κ3) is 3.33. The maximum absolute atomic E-state index is 14.2. The van der Waals surface area contributed by atoms with Crippen LogP contribution in [0.5, 0.6) is 0 Å². The first-order valence-corrected chi connectivity index (χ1v) is 11.2. The van der Waals surface area contributed by atoms with Crippen molar-refractivity contribution in [2.45, 2.75) is 11.3 Å². The topological polar surface area (TPSA) is 98.3 Å². The normalized spacial score (nSPS) is 14.1. The van der Waals surface area contributed by atoms with Crippen LogP contribution in [0.2, 0.25) is 0 Å². The van der Waals surface area contributed by atoms with Gasteiger partial charge in [0.25, 0.3) is 0 Å². The first-order valence-electron chi connectivity index (χ1n) is 9.64. The minimum absolute atomic E-state index is 0.265. The summed E-state index contributed by atoms with van der Waals surface area (Å²) in [6, 6.07) is 14.9. The molecule has 0 atom stereocenters. The highest BCUT2D eigenvalue weighted by atomic mass is 32.2. The van der Waals surface area contributed by atoms with Gasteiger partial charge in [-0.05, 0) is 42.5 Å². The van der Waals surface area contributed by atoms with Crippen molar-refractivity contribution >= 4 is 32.6 Å². The van der Waals surface area contributed by atoms with Crippen molar-refractivity contribution in [2.24, 2.45) is 5.14 Å². The van der Waals surface area contributed by atoms with Gasteiger partial charge in [-0.25, -0.2) is 27.7 Å². The second-order valence-corrected chi connectivity index (χ2v) is 8.96. The number of aromatic nitrogens is 2. The van der Waals surface area contributed by atoms with Gasteiger partial charge >= 0.3 is 6.03 Å². The van der Waals surface area contributed by atoms with E-state index in [0.717, 1.165) is 12.1 Å². The van der Waals surface area contributed by atoms with Gasteiger partial charge in [-0.1, -0.05) is 18.2 Å². The number of pyridine rings is 1. The molecule has 4 aromatic rings. The highest BCUT2D eigenvalue weighted by molar-refractivity contribution is 7.89. The van der Waals surface area contributed by atoms with E-state index in [-0.39, 0.29) is 5.52 Å². The second-order valence-electron chi connectivity index (χ2n) is 7.43. The number of benzene rings is 2. The number of halogens is 2. The van der Waals surface area contributed by atoms with E-state index in [0.29, 0.717) is 41.0 Å². The molecule has 0 saturated carbocycles. The molecule has 2 aromatic carbocycles. The molecule has 0 bridgehead atoms. The molecule has 2 aromatic heterocycles. The third-order valence-electron chi connectivity index (χ3n) is 5.44. The van der Waals surface area contributed by atoms with Crippen LogP contribution in [0, 0.1) is 11.8 Å². The Morgan fingerprint density at radius 3 is 2.44 bits per heavy atom.